The van der Waals surface area contributed by atoms with Crippen LogP contribution in [0, 0.1) is 25.2 Å². The van der Waals surface area contributed by atoms with Crippen LogP contribution in [0.25, 0.3) is 11.1 Å². The SMILES string of the molecule is Cc1c(COc2cc(OCc3cncc(C#N)c3)c3c(c2Cl)CCN(CC(=O)OC(C)(C)C)C3)cccc1-c1cccc(OCCCN2CC[C@@H](O)C2)c1C. The highest BCUT2D eigenvalue weighted by atomic mass is 35.5. The molecular formula is C44H51ClN4O6. The highest BCUT2D eigenvalue weighted by molar-refractivity contribution is 6.33. The third-order valence-electron chi connectivity index (χ3n) is 10.1. The molecule has 3 aromatic carbocycles. The predicted octanol–water partition coefficient (Wildman–Crippen LogP) is 7.58. The van der Waals surface area contributed by atoms with Crippen molar-refractivity contribution in [2.24, 2.45) is 0 Å². The number of β-amino-alcohol motifs (C(OH)–C–C–N with tert-alkyl or cyclic N) is 1. The molecule has 0 spiro atoms. The first-order valence-electron chi connectivity index (χ1n) is 19.0. The fourth-order valence-electron chi connectivity index (χ4n) is 7.26. The van der Waals surface area contributed by atoms with Crippen LogP contribution in [0.15, 0.2) is 60.9 Å². The summed E-state index contributed by atoms with van der Waals surface area (Å²) in [5.41, 5.74) is 7.86. The van der Waals surface area contributed by atoms with E-state index >= 15 is 0 Å². The van der Waals surface area contributed by atoms with Crippen molar-refractivity contribution < 1.29 is 28.8 Å². The minimum atomic E-state index is -0.574. The van der Waals surface area contributed by atoms with Crippen LogP contribution in [-0.2, 0) is 35.7 Å². The Bertz CT molecular complexity index is 2040. The molecule has 1 atom stereocenters. The Morgan fingerprint density at radius 2 is 1.71 bits per heavy atom. The van der Waals surface area contributed by atoms with Gasteiger partial charge in [-0.1, -0.05) is 41.9 Å². The number of aliphatic hydroxyl groups is 1. The van der Waals surface area contributed by atoms with Crippen LogP contribution in [0.3, 0.4) is 0 Å². The Hall–Kier alpha value is -4.66. The van der Waals surface area contributed by atoms with E-state index < -0.39 is 5.60 Å². The van der Waals surface area contributed by atoms with Gasteiger partial charge in [0.15, 0.2) is 0 Å². The molecule has 0 radical (unpaired) electrons. The number of esters is 1. The molecule has 1 saturated heterocycles. The van der Waals surface area contributed by atoms with E-state index in [-0.39, 0.29) is 31.8 Å². The van der Waals surface area contributed by atoms with E-state index in [4.69, 9.17) is 30.5 Å². The number of benzene rings is 3. The van der Waals surface area contributed by atoms with E-state index in [1.807, 2.05) is 49.9 Å². The lowest BCUT2D eigenvalue weighted by Gasteiger charge is -2.31. The summed E-state index contributed by atoms with van der Waals surface area (Å²) < 4.78 is 24.8. The molecule has 2 aliphatic heterocycles. The Balaban J connectivity index is 1.19. The Morgan fingerprint density at radius 1 is 0.945 bits per heavy atom. The molecule has 0 saturated carbocycles. The molecular weight excluding hydrogens is 716 g/mol. The van der Waals surface area contributed by atoms with Crippen LogP contribution < -0.4 is 14.2 Å². The van der Waals surface area contributed by atoms with E-state index in [0.717, 1.165) is 82.7 Å². The van der Waals surface area contributed by atoms with Gasteiger partial charge >= 0.3 is 5.97 Å². The summed E-state index contributed by atoms with van der Waals surface area (Å²) in [6, 6.07) is 18.1. The topological polar surface area (TPSA) is 117 Å². The van der Waals surface area contributed by atoms with Gasteiger partial charge < -0.3 is 29.0 Å². The van der Waals surface area contributed by atoms with Crippen LogP contribution in [0.4, 0.5) is 0 Å². The lowest BCUT2D eigenvalue weighted by molar-refractivity contribution is -0.156. The van der Waals surface area contributed by atoms with Crippen LogP contribution >= 0.6 is 11.6 Å². The molecule has 4 aromatic rings. The number of pyridine rings is 1. The minimum absolute atomic E-state index is 0.148. The van der Waals surface area contributed by atoms with Crippen molar-refractivity contribution in [3.8, 4) is 34.4 Å². The van der Waals surface area contributed by atoms with Gasteiger partial charge in [-0.05, 0) is 99.4 Å². The third-order valence-corrected chi connectivity index (χ3v) is 10.5. The number of nitrogens with zero attached hydrogens (tertiary/aromatic N) is 4. The van der Waals surface area contributed by atoms with Gasteiger partial charge in [0, 0.05) is 62.3 Å². The minimum Gasteiger partial charge on any atom is -0.493 e. The number of carbonyl (C=O) groups excluding carboxylic acids is 1. The largest absolute Gasteiger partial charge is 0.493 e. The zero-order chi connectivity index (χ0) is 39.1. The van der Waals surface area contributed by atoms with Gasteiger partial charge in [-0.3, -0.25) is 14.7 Å². The number of hydrogen-bond donors (Lipinski definition) is 1. The molecule has 0 aliphatic carbocycles. The van der Waals surface area contributed by atoms with Crippen molar-refractivity contribution in [3.05, 3.63) is 105 Å². The monoisotopic (exact) mass is 766 g/mol. The third kappa shape index (κ3) is 10.4. The maximum Gasteiger partial charge on any atom is 0.320 e. The second-order valence-corrected chi connectivity index (χ2v) is 15.8. The molecule has 3 heterocycles. The number of rotatable bonds is 14. The van der Waals surface area contributed by atoms with Gasteiger partial charge in [-0.25, -0.2) is 0 Å². The first-order chi connectivity index (χ1) is 26.4. The molecule has 290 valence electrons. The van der Waals surface area contributed by atoms with Gasteiger partial charge in [0.2, 0.25) is 0 Å². The average molecular weight is 767 g/mol. The van der Waals surface area contributed by atoms with Crippen molar-refractivity contribution in [2.45, 2.75) is 85.3 Å². The number of halogens is 1. The number of hydrogen-bond acceptors (Lipinski definition) is 10. The second kappa shape index (κ2) is 17.9. The van der Waals surface area contributed by atoms with Gasteiger partial charge in [-0.2, -0.15) is 5.26 Å². The Labute approximate surface area is 329 Å². The maximum absolute atomic E-state index is 12.7. The molecule has 1 aromatic heterocycles. The number of likely N-dealkylation sites (tertiary alicyclic amines) is 1. The van der Waals surface area contributed by atoms with Crippen LogP contribution in [0.1, 0.15) is 72.6 Å². The van der Waals surface area contributed by atoms with E-state index in [0.29, 0.717) is 48.2 Å². The highest BCUT2D eigenvalue weighted by Crippen LogP contribution is 2.41. The van der Waals surface area contributed by atoms with Gasteiger partial charge in [0.05, 0.1) is 29.8 Å². The fourth-order valence-corrected chi connectivity index (χ4v) is 7.57. The molecule has 1 fully saturated rings. The molecule has 6 rings (SSSR count). The van der Waals surface area contributed by atoms with E-state index in [2.05, 4.69) is 48.0 Å². The number of aliphatic hydroxyl groups excluding tert-OH is 1. The lowest BCUT2D eigenvalue weighted by Crippen LogP contribution is -2.38. The lowest BCUT2D eigenvalue weighted by atomic mass is 9.93. The number of carbonyl (C=O) groups is 1. The van der Waals surface area contributed by atoms with Crippen molar-refractivity contribution >= 4 is 17.6 Å². The van der Waals surface area contributed by atoms with Crippen molar-refractivity contribution in [1.29, 1.82) is 5.26 Å². The number of fused-ring (bicyclic) bond motifs is 1. The maximum atomic E-state index is 12.7. The molecule has 0 bridgehead atoms. The van der Waals surface area contributed by atoms with E-state index in [9.17, 15) is 15.2 Å². The number of aromatic nitrogens is 1. The Kier molecular flexibility index (Phi) is 13.0. The molecule has 55 heavy (non-hydrogen) atoms. The zero-order valence-corrected chi connectivity index (χ0v) is 33.2. The van der Waals surface area contributed by atoms with Crippen LogP contribution in [0.5, 0.6) is 17.2 Å². The molecule has 1 N–H and O–H groups in total. The summed E-state index contributed by atoms with van der Waals surface area (Å²) in [5, 5.41) is 19.7. The molecule has 2 aliphatic rings. The fraction of sp³-hybridized carbons (Fsp3) is 0.432. The first-order valence-corrected chi connectivity index (χ1v) is 19.4. The van der Waals surface area contributed by atoms with Crippen LogP contribution in [-0.4, -0.2) is 76.9 Å². The standard InChI is InChI=1S/C44H51ClN4O6/c1-29-33(9-6-10-35(29)36-11-7-12-39(30(36)2)52-18-8-15-48-16-13-34(50)24-48)28-54-41-20-40(53-27-32-19-31(21-46)22-47-23-32)38-25-49(17-14-37(38)43(41)45)26-42(51)55-44(3,4)5/h6-7,9-12,19-20,22-23,34,50H,8,13-18,24-28H2,1-5H3/t34-/m1/s1. The van der Waals surface area contributed by atoms with E-state index in [1.54, 1.807) is 12.3 Å². The van der Waals surface area contributed by atoms with Crippen molar-refractivity contribution in [3.63, 3.8) is 0 Å². The smallest absolute Gasteiger partial charge is 0.320 e. The predicted molar refractivity (Wildman–Crippen MR) is 212 cm³/mol. The molecule has 0 amide bonds. The summed E-state index contributed by atoms with van der Waals surface area (Å²) in [4.78, 5) is 21.2. The summed E-state index contributed by atoms with van der Waals surface area (Å²) in [7, 11) is 0. The quantitative estimate of drug-likeness (QED) is 0.102. The van der Waals surface area contributed by atoms with E-state index in [1.165, 1.54) is 6.20 Å². The first kappa shape index (κ1) is 40.0. The molecule has 0 unspecified atom stereocenters. The van der Waals surface area contributed by atoms with Crippen molar-refractivity contribution in [2.75, 3.05) is 39.3 Å². The normalized spacial score (nSPS) is 16.0. The average Bonchev–Trinajstić information content (AvgIpc) is 3.57. The zero-order valence-electron chi connectivity index (χ0n) is 32.5. The molecule has 11 heteroatoms. The second-order valence-electron chi connectivity index (χ2n) is 15.4. The van der Waals surface area contributed by atoms with Gasteiger partial charge in [0.1, 0.15) is 42.1 Å². The highest BCUT2D eigenvalue weighted by Gasteiger charge is 2.28. The summed E-state index contributed by atoms with van der Waals surface area (Å²) in [5.74, 6) is 1.69. The number of ether oxygens (including phenoxy) is 4. The summed E-state index contributed by atoms with van der Waals surface area (Å²) >= 11 is 7.10. The van der Waals surface area contributed by atoms with Crippen LogP contribution in [0.2, 0.25) is 5.02 Å². The van der Waals surface area contributed by atoms with Gasteiger partial charge in [0.25, 0.3) is 0 Å². The van der Waals surface area contributed by atoms with Crippen molar-refractivity contribution in [1.82, 2.24) is 14.8 Å². The van der Waals surface area contributed by atoms with Gasteiger partial charge in [-0.15, -0.1) is 0 Å². The summed E-state index contributed by atoms with van der Waals surface area (Å²) in [6.07, 6.45) is 5.33. The summed E-state index contributed by atoms with van der Waals surface area (Å²) in [6.45, 7) is 14.7. The number of nitriles is 1. The Morgan fingerprint density at radius 3 is 2.45 bits per heavy atom. The molecule has 10 nitrogen and oxygen atoms in total.